The molecule has 32 heavy (non-hydrogen) atoms. The lowest BCUT2D eigenvalue weighted by atomic mass is 9.73. The molecule has 1 aromatic heterocycles. The van der Waals surface area contributed by atoms with Gasteiger partial charge in [0.1, 0.15) is 6.04 Å². The molecular formula is C24H23N5O3. The third kappa shape index (κ3) is 3.28. The zero-order chi connectivity index (χ0) is 22.6. The van der Waals surface area contributed by atoms with Crippen LogP contribution >= 0.6 is 0 Å². The minimum Gasteiger partial charge on any atom is -0.328 e. The molecule has 2 heterocycles. The number of anilines is 1. The number of aryl methyl sites for hydroxylation is 1. The van der Waals surface area contributed by atoms with Gasteiger partial charge in [0.15, 0.2) is 11.6 Å². The molecular weight excluding hydrogens is 406 g/mol. The minimum absolute atomic E-state index is 0.0230. The van der Waals surface area contributed by atoms with Crippen molar-refractivity contribution in [3.8, 4) is 11.4 Å². The number of hydrogen-bond donors (Lipinski definition) is 1. The van der Waals surface area contributed by atoms with Gasteiger partial charge in [0, 0.05) is 29.3 Å². The van der Waals surface area contributed by atoms with Gasteiger partial charge in [-0.05, 0) is 30.9 Å². The fourth-order valence-electron chi connectivity index (χ4n) is 4.69. The largest absolute Gasteiger partial charge is 0.328 e. The van der Waals surface area contributed by atoms with Crippen LogP contribution in [0.4, 0.5) is 11.6 Å². The molecule has 0 saturated heterocycles. The lowest BCUT2D eigenvalue weighted by Gasteiger charge is -2.38. The molecule has 1 atom stereocenters. The number of carbonyl (C=O) groups excluding carboxylic acids is 1. The molecule has 0 radical (unpaired) electrons. The minimum atomic E-state index is -0.711. The Labute approximate surface area is 185 Å². The number of nitro benzene ring substituents is 1. The van der Waals surface area contributed by atoms with Crippen LogP contribution in [0.3, 0.4) is 0 Å². The third-order valence-electron chi connectivity index (χ3n) is 6.04. The van der Waals surface area contributed by atoms with Gasteiger partial charge in [0.2, 0.25) is 5.95 Å². The van der Waals surface area contributed by atoms with Crippen LogP contribution in [0, 0.1) is 22.5 Å². The van der Waals surface area contributed by atoms with Gasteiger partial charge < -0.3 is 5.32 Å². The molecule has 1 aliphatic carbocycles. The summed E-state index contributed by atoms with van der Waals surface area (Å²) in [5.41, 5.74) is 3.41. The highest BCUT2D eigenvalue weighted by Gasteiger charge is 2.43. The third-order valence-corrected chi connectivity index (χ3v) is 6.04. The number of hydrogen-bond acceptors (Lipinski definition) is 6. The Hall–Kier alpha value is -3.81. The van der Waals surface area contributed by atoms with E-state index in [4.69, 9.17) is 10.1 Å². The van der Waals surface area contributed by atoms with Crippen LogP contribution in [0.2, 0.25) is 0 Å². The predicted molar refractivity (Wildman–Crippen MR) is 120 cm³/mol. The van der Waals surface area contributed by atoms with Crippen LogP contribution in [-0.4, -0.2) is 25.5 Å². The van der Waals surface area contributed by atoms with E-state index in [1.165, 1.54) is 6.07 Å². The maximum absolute atomic E-state index is 13.3. The number of benzene rings is 2. The fraction of sp³-hybridized carbons (Fsp3) is 0.292. The monoisotopic (exact) mass is 429 g/mol. The number of nitrogens with one attached hydrogen (secondary N) is 1. The quantitative estimate of drug-likeness (QED) is 0.473. The molecule has 162 valence electrons. The van der Waals surface area contributed by atoms with Crippen molar-refractivity contribution in [2.45, 2.75) is 39.7 Å². The topological polar surface area (TPSA) is 103 Å². The number of ketones is 1. The molecule has 0 spiro atoms. The first kappa shape index (κ1) is 20.1. The number of aromatic nitrogens is 3. The Kier molecular flexibility index (Phi) is 4.47. The van der Waals surface area contributed by atoms with E-state index < -0.39 is 11.0 Å². The maximum atomic E-state index is 13.3. The van der Waals surface area contributed by atoms with Crippen molar-refractivity contribution in [2.24, 2.45) is 5.41 Å². The molecule has 0 fully saturated rings. The first-order chi connectivity index (χ1) is 15.2. The van der Waals surface area contributed by atoms with E-state index in [0.29, 0.717) is 35.8 Å². The zero-order valence-electron chi connectivity index (χ0n) is 18.1. The number of nitro groups is 1. The van der Waals surface area contributed by atoms with Crippen LogP contribution in [0.25, 0.3) is 11.4 Å². The Morgan fingerprint density at radius 2 is 1.94 bits per heavy atom. The number of allylic oxidation sites excluding steroid dienone is 2. The van der Waals surface area contributed by atoms with Crippen LogP contribution < -0.4 is 5.32 Å². The summed E-state index contributed by atoms with van der Waals surface area (Å²) in [6.07, 6.45) is 1.03. The number of carbonyl (C=O) groups is 1. The molecule has 1 aliphatic heterocycles. The highest BCUT2D eigenvalue weighted by atomic mass is 16.6. The van der Waals surface area contributed by atoms with Gasteiger partial charge in [0.05, 0.1) is 10.5 Å². The Balaban J connectivity index is 1.74. The van der Waals surface area contributed by atoms with Gasteiger partial charge in [-0.15, -0.1) is 5.10 Å². The molecule has 2 aliphatic rings. The van der Waals surface area contributed by atoms with Crippen molar-refractivity contribution in [3.63, 3.8) is 0 Å². The summed E-state index contributed by atoms with van der Waals surface area (Å²) < 4.78 is 1.62. The van der Waals surface area contributed by atoms with E-state index in [0.717, 1.165) is 16.8 Å². The Morgan fingerprint density at radius 3 is 2.69 bits per heavy atom. The highest BCUT2D eigenvalue weighted by Crippen LogP contribution is 2.47. The highest BCUT2D eigenvalue weighted by molar-refractivity contribution is 6.00. The SMILES string of the molecule is Cc1cccc(-c2nc3n(n2)C(c2ccccc2[N+](=O)[O-])C2=C(CC(C)(C)CC2=O)N3)c1. The van der Waals surface area contributed by atoms with Gasteiger partial charge >= 0.3 is 0 Å². The summed E-state index contributed by atoms with van der Waals surface area (Å²) in [5, 5.41) is 19.9. The number of nitrogens with zero attached hydrogens (tertiary/aromatic N) is 4. The predicted octanol–water partition coefficient (Wildman–Crippen LogP) is 4.82. The smallest absolute Gasteiger partial charge is 0.275 e. The van der Waals surface area contributed by atoms with Gasteiger partial charge in [-0.3, -0.25) is 14.9 Å². The van der Waals surface area contributed by atoms with E-state index >= 15 is 0 Å². The maximum Gasteiger partial charge on any atom is 0.275 e. The molecule has 1 N–H and O–H groups in total. The summed E-state index contributed by atoms with van der Waals surface area (Å²) in [4.78, 5) is 29.4. The van der Waals surface area contributed by atoms with Gasteiger partial charge in [-0.2, -0.15) is 4.98 Å². The van der Waals surface area contributed by atoms with Crippen molar-refractivity contribution in [1.29, 1.82) is 0 Å². The molecule has 8 heteroatoms. The van der Waals surface area contributed by atoms with Gasteiger partial charge in [-0.25, -0.2) is 4.68 Å². The first-order valence-electron chi connectivity index (χ1n) is 10.5. The van der Waals surface area contributed by atoms with Crippen LogP contribution in [-0.2, 0) is 4.79 Å². The number of para-hydroxylation sites is 1. The molecule has 0 bridgehead atoms. The molecule has 8 nitrogen and oxygen atoms in total. The van der Waals surface area contributed by atoms with Crippen molar-refractivity contribution < 1.29 is 9.72 Å². The fourth-order valence-corrected chi connectivity index (χ4v) is 4.69. The summed E-state index contributed by atoms with van der Waals surface area (Å²) >= 11 is 0. The molecule has 2 aromatic carbocycles. The van der Waals surface area contributed by atoms with Crippen LogP contribution in [0.5, 0.6) is 0 Å². The lowest BCUT2D eigenvalue weighted by molar-refractivity contribution is -0.385. The Bertz CT molecular complexity index is 1300. The first-order valence-corrected chi connectivity index (χ1v) is 10.5. The normalized spacial score (nSPS) is 19.2. The summed E-state index contributed by atoms with van der Waals surface area (Å²) in [6.45, 7) is 6.09. The number of Topliss-reactive ketones (excluding diaryl/α,β-unsaturated/α-hetero) is 1. The molecule has 5 rings (SSSR count). The second kappa shape index (κ2) is 7.12. The van der Waals surface area contributed by atoms with Crippen molar-refractivity contribution in [1.82, 2.24) is 14.8 Å². The van der Waals surface area contributed by atoms with Gasteiger partial charge in [0.25, 0.3) is 5.69 Å². The van der Waals surface area contributed by atoms with E-state index in [-0.39, 0.29) is 16.9 Å². The zero-order valence-corrected chi connectivity index (χ0v) is 18.1. The second-order valence-corrected chi connectivity index (χ2v) is 9.25. The van der Waals surface area contributed by atoms with Crippen LogP contribution in [0.1, 0.15) is 43.9 Å². The van der Waals surface area contributed by atoms with Crippen molar-refractivity contribution in [3.05, 3.63) is 81.0 Å². The Morgan fingerprint density at radius 1 is 1.16 bits per heavy atom. The standard InChI is InChI=1S/C24H23N5O3/c1-14-7-6-8-15(11-14)22-26-23-25-17-12-24(2,3)13-19(30)20(17)21(28(23)27-22)16-9-4-5-10-18(16)29(31)32/h4-11,21H,12-13H2,1-3H3,(H,25,26,27). The van der Waals surface area contributed by atoms with Crippen molar-refractivity contribution in [2.75, 3.05) is 5.32 Å². The van der Waals surface area contributed by atoms with E-state index in [9.17, 15) is 14.9 Å². The second-order valence-electron chi connectivity index (χ2n) is 9.25. The van der Waals surface area contributed by atoms with E-state index in [1.54, 1.807) is 22.9 Å². The van der Waals surface area contributed by atoms with E-state index in [2.05, 4.69) is 5.32 Å². The number of rotatable bonds is 3. The summed E-state index contributed by atoms with van der Waals surface area (Å²) in [6, 6.07) is 13.7. The molecule has 3 aromatic rings. The average Bonchev–Trinajstić information content (AvgIpc) is 3.15. The number of fused-ring (bicyclic) bond motifs is 1. The molecule has 0 amide bonds. The lowest BCUT2D eigenvalue weighted by Crippen LogP contribution is -2.36. The summed E-state index contributed by atoms with van der Waals surface area (Å²) in [5.74, 6) is 0.963. The average molecular weight is 429 g/mol. The molecule has 1 unspecified atom stereocenters. The van der Waals surface area contributed by atoms with Crippen molar-refractivity contribution >= 4 is 17.4 Å². The summed E-state index contributed by atoms with van der Waals surface area (Å²) in [7, 11) is 0. The molecule has 0 saturated carbocycles. The van der Waals surface area contributed by atoms with E-state index in [1.807, 2.05) is 45.0 Å². The van der Waals surface area contributed by atoms with Crippen LogP contribution in [0.15, 0.2) is 59.8 Å². The van der Waals surface area contributed by atoms with Gasteiger partial charge in [-0.1, -0.05) is 49.7 Å².